The van der Waals surface area contributed by atoms with Gasteiger partial charge in [0.05, 0.1) is 25.0 Å². The van der Waals surface area contributed by atoms with Crippen LogP contribution >= 0.6 is 0 Å². The first-order valence-corrected chi connectivity index (χ1v) is 9.12. The summed E-state index contributed by atoms with van der Waals surface area (Å²) in [6.45, 7) is 7.05. The number of H-pyrrole nitrogens is 1. The van der Waals surface area contributed by atoms with Gasteiger partial charge in [0.25, 0.3) is 0 Å². The van der Waals surface area contributed by atoms with E-state index in [9.17, 15) is 0 Å². The molecule has 5 nitrogen and oxygen atoms in total. The van der Waals surface area contributed by atoms with Crippen LogP contribution in [0.3, 0.4) is 0 Å². The number of fused-ring (bicyclic) bond motifs is 1. The molecular weight excluding hydrogens is 326 g/mol. The largest absolute Gasteiger partial charge is 0.497 e. The molecule has 0 amide bonds. The number of nitrogens with one attached hydrogen (secondary N) is 1. The number of aromatic amines is 1. The molecule has 2 atom stereocenters. The highest BCUT2D eigenvalue weighted by Gasteiger charge is 2.24. The molecule has 3 heterocycles. The molecule has 1 aromatic carbocycles. The summed E-state index contributed by atoms with van der Waals surface area (Å²) in [4.78, 5) is 10.5. The van der Waals surface area contributed by atoms with E-state index >= 15 is 0 Å². The molecule has 1 aliphatic heterocycles. The molecule has 0 unspecified atom stereocenters. The van der Waals surface area contributed by atoms with Crippen LogP contribution in [-0.2, 0) is 11.3 Å². The van der Waals surface area contributed by atoms with E-state index in [-0.39, 0.29) is 12.2 Å². The summed E-state index contributed by atoms with van der Waals surface area (Å²) in [5.74, 6) is 0.861. The van der Waals surface area contributed by atoms with Crippen molar-refractivity contribution in [3.63, 3.8) is 0 Å². The van der Waals surface area contributed by atoms with Gasteiger partial charge in [-0.15, -0.1) is 0 Å². The minimum atomic E-state index is 0.256. The van der Waals surface area contributed by atoms with Crippen molar-refractivity contribution < 1.29 is 9.47 Å². The summed E-state index contributed by atoms with van der Waals surface area (Å²) >= 11 is 0. The minimum Gasteiger partial charge on any atom is -0.497 e. The maximum absolute atomic E-state index is 5.89. The molecule has 3 aromatic rings. The minimum absolute atomic E-state index is 0.256. The molecule has 136 valence electrons. The highest BCUT2D eigenvalue weighted by Crippen LogP contribution is 2.32. The summed E-state index contributed by atoms with van der Waals surface area (Å²) in [6, 6.07) is 12.3. The van der Waals surface area contributed by atoms with E-state index < -0.39 is 0 Å². The lowest BCUT2D eigenvalue weighted by Crippen LogP contribution is -2.44. The number of ether oxygens (including phenoxy) is 2. The fourth-order valence-electron chi connectivity index (χ4n) is 3.88. The first kappa shape index (κ1) is 17.1. The van der Waals surface area contributed by atoms with E-state index in [2.05, 4.69) is 46.9 Å². The lowest BCUT2D eigenvalue weighted by molar-refractivity contribution is -0.0703. The number of rotatable bonds is 4. The summed E-state index contributed by atoms with van der Waals surface area (Å²) in [5, 5.41) is 1.19. The van der Waals surface area contributed by atoms with Gasteiger partial charge in [-0.05, 0) is 55.8 Å². The van der Waals surface area contributed by atoms with Crippen molar-refractivity contribution in [2.45, 2.75) is 32.6 Å². The topological polar surface area (TPSA) is 50.4 Å². The highest BCUT2D eigenvalue weighted by molar-refractivity contribution is 5.88. The predicted molar refractivity (Wildman–Crippen MR) is 103 cm³/mol. The van der Waals surface area contributed by atoms with Gasteiger partial charge in [0, 0.05) is 36.8 Å². The third-order valence-electron chi connectivity index (χ3n) is 4.93. The predicted octanol–water partition coefficient (Wildman–Crippen LogP) is 3.85. The van der Waals surface area contributed by atoms with Crippen LogP contribution in [0.4, 0.5) is 0 Å². The second-order valence-corrected chi connectivity index (χ2v) is 7.06. The van der Waals surface area contributed by atoms with Crippen LogP contribution < -0.4 is 4.74 Å². The van der Waals surface area contributed by atoms with Crippen LogP contribution in [0.25, 0.3) is 22.3 Å². The Kier molecular flexibility index (Phi) is 4.66. The fraction of sp³-hybridized carbons (Fsp3) is 0.381. The van der Waals surface area contributed by atoms with Gasteiger partial charge in [-0.1, -0.05) is 0 Å². The quantitative estimate of drug-likeness (QED) is 0.776. The standard InChI is InChI=1S/C21H25N3O2/c1-14-11-24(12-15(2)26-14)13-19-18-5-4-10-22-21(18)23-20(19)16-6-8-17(25-3)9-7-16/h4-10,14-15H,11-13H2,1-3H3,(H,22,23)/t14-,15-/m1/s1. The van der Waals surface area contributed by atoms with Gasteiger partial charge >= 0.3 is 0 Å². The zero-order chi connectivity index (χ0) is 18.1. The Balaban J connectivity index is 1.74. The van der Waals surface area contributed by atoms with E-state index in [1.54, 1.807) is 7.11 Å². The van der Waals surface area contributed by atoms with Gasteiger partial charge < -0.3 is 14.5 Å². The summed E-state index contributed by atoms with van der Waals surface area (Å²) in [5.41, 5.74) is 4.50. The average Bonchev–Trinajstić information content (AvgIpc) is 2.99. The molecule has 4 rings (SSSR count). The highest BCUT2D eigenvalue weighted by atomic mass is 16.5. The third-order valence-corrected chi connectivity index (χ3v) is 4.93. The van der Waals surface area contributed by atoms with Gasteiger partial charge in [-0.2, -0.15) is 0 Å². The van der Waals surface area contributed by atoms with Crippen LogP contribution in [0.15, 0.2) is 42.6 Å². The summed E-state index contributed by atoms with van der Waals surface area (Å²) in [7, 11) is 1.69. The normalized spacial score (nSPS) is 21.2. The van der Waals surface area contributed by atoms with Gasteiger partial charge in [0.15, 0.2) is 0 Å². The molecule has 1 aliphatic rings. The van der Waals surface area contributed by atoms with E-state index in [0.717, 1.165) is 42.3 Å². The van der Waals surface area contributed by atoms with Gasteiger partial charge in [0.2, 0.25) is 0 Å². The Bertz CT molecular complexity index is 878. The molecule has 1 saturated heterocycles. The molecule has 0 spiro atoms. The number of pyridine rings is 1. The molecule has 26 heavy (non-hydrogen) atoms. The third kappa shape index (κ3) is 3.32. The molecule has 0 saturated carbocycles. The zero-order valence-electron chi connectivity index (χ0n) is 15.5. The van der Waals surface area contributed by atoms with Crippen molar-refractivity contribution in [2.75, 3.05) is 20.2 Å². The Morgan fingerprint density at radius 3 is 2.58 bits per heavy atom. The van der Waals surface area contributed by atoms with Gasteiger partial charge in [-0.3, -0.25) is 4.90 Å². The number of nitrogens with zero attached hydrogens (tertiary/aromatic N) is 2. The van der Waals surface area contributed by atoms with Crippen molar-refractivity contribution >= 4 is 11.0 Å². The van der Waals surface area contributed by atoms with Crippen molar-refractivity contribution in [3.05, 3.63) is 48.2 Å². The zero-order valence-corrected chi connectivity index (χ0v) is 15.5. The molecule has 1 N–H and O–H groups in total. The molecular formula is C21H25N3O2. The Labute approximate surface area is 153 Å². The molecule has 1 fully saturated rings. The van der Waals surface area contributed by atoms with E-state index in [0.29, 0.717) is 0 Å². The lowest BCUT2D eigenvalue weighted by atomic mass is 10.0. The molecule has 2 aromatic heterocycles. The fourth-order valence-corrected chi connectivity index (χ4v) is 3.88. The smallest absolute Gasteiger partial charge is 0.138 e. The Hall–Kier alpha value is -2.37. The monoisotopic (exact) mass is 351 g/mol. The molecule has 0 radical (unpaired) electrons. The Morgan fingerprint density at radius 2 is 1.88 bits per heavy atom. The van der Waals surface area contributed by atoms with Crippen LogP contribution in [-0.4, -0.2) is 47.3 Å². The lowest BCUT2D eigenvalue weighted by Gasteiger charge is -2.35. The number of morpholine rings is 1. The van der Waals surface area contributed by atoms with Gasteiger partial charge in [-0.25, -0.2) is 4.98 Å². The maximum Gasteiger partial charge on any atom is 0.138 e. The van der Waals surface area contributed by atoms with Crippen molar-refractivity contribution in [1.29, 1.82) is 0 Å². The second kappa shape index (κ2) is 7.09. The second-order valence-electron chi connectivity index (χ2n) is 7.06. The van der Waals surface area contributed by atoms with Crippen LogP contribution in [0, 0.1) is 0 Å². The van der Waals surface area contributed by atoms with Gasteiger partial charge in [0.1, 0.15) is 11.4 Å². The first-order valence-electron chi connectivity index (χ1n) is 9.12. The van der Waals surface area contributed by atoms with Crippen molar-refractivity contribution in [2.24, 2.45) is 0 Å². The molecule has 5 heteroatoms. The van der Waals surface area contributed by atoms with Crippen molar-refractivity contribution in [3.8, 4) is 17.0 Å². The SMILES string of the molecule is COc1ccc(-c2[nH]c3ncccc3c2CN2C[C@@H](C)O[C@H](C)C2)cc1. The maximum atomic E-state index is 5.89. The number of methoxy groups -OCH3 is 1. The number of aromatic nitrogens is 2. The molecule has 0 bridgehead atoms. The number of hydrogen-bond acceptors (Lipinski definition) is 4. The first-order chi connectivity index (χ1) is 12.6. The Morgan fingerprint density at radius 1 is 1.15 bits per heavy atom. The molecule has 0 aliphatic carbocycles. The van der Waals surface area contributed by atoms with E-state index in [1.165, 1.54) is 10.9 Å². The van der Waals surface area contributed by atoms with E-state index in [4.69, 9.17) is 9.47 Å². The van der Waals surface area contributed by atoms with Crippen LogP contribution in [0.5, 0.6) is 5.75 Å². The number of benzene rings is 1. The average molecular weight is 351 g/mol. The van der Waals surface area contributed by atoms with E-state index in [1.807, 2.05) is 24.4 Å². The summed E-state index contributed by atoms with van der Waals surface area (Å²) < 4.78 is 11.2. The van der Waals surface area contributed by atoms with Crippen LogP contribution in [0.2, 0.25) is 0 Å². The summed E-state index contributed by atoms with van der Waals surface area (Å²) in [6.07, 6.45) is 2.34. The van der Waals surface area contributed by atoms with Crippen LogP contribution in [0.1, 0.15) is 19.4 Å². The van der Waals surface area contributed by atoms with Crippen molar-refractivity contribution in [1.82, 2.24) is 14.9 Å². The number of hydrogen-bond donors (Lipinski definition) is 1.